The number of hydrogen-bond acceptors (Lipinski definition) is 7. The Hall–Kier alpha value is -3.92. The summed E-state index contributed by atoms with van der Waals surface area (Å²) in [4.78, 5) is 39.4. The Balaban J connectivity index is 1.67. The Morgan fingerprint density at radius 1 is 1.06 bits per heavy atom. The minimum atomic E-state index is -4.79. The summed E-state index contributed by atoms with van der Waals surface area (Å²) in [5.41, 5.74) is 5.97. The first kappa shape index (κ1) is 37.5. The number of amides is 3. The molecule has 0 aromatic heterocycles. The lowest BCUT2D eigenvalue weighted by Gasteiger charge is -2.39. The lowest BCUT2D eigenvalue weighted by atomic mass is 9.87. The van der Waals surface area contributed by atoms with Crippen molar-refractivity contribution in [3.63, 3.8) is 0 Å². The quantitative estimate of drug-likeness (QED) is 0.330. The Kier molecular flexibility index (Phi) is 11.2. The number of nitrogens with zero attached hydrogens (tertiary/aromatic N) is 2. The van der Waals surface area contributed by atoms with Gasteiger partial charge in [0.25, 0.3) is 5.91 Å². The minimum absolute atomic E-state index is 0.146. The van der Waals surface area contributed by atoms with Crippen molar-refractivity contribution in [1.82, 2.24) is 9.62 Å². The van der Waals surface area contributed by atoms with Crippen LogP contribution in [0.1, 0.15) is 60.7 Å². The van der Waals surface area contributed by atoms with Crippen molar-refractivity contribution < 1.29 is 49.8 Å². The monoisotopic (exact) mass is 688 g/mol. The van der Waals surface area contributed by atoms with Crippen LogP contribution in [0.5, 0.6) is 5.75 Å². The van der Waals surface area contributed by atoms with E-state index in [-0.39, 0.29) is 43.7 Å². The zero-order chi connectivity index (χ0) is 35.5. The molecule has 1 heterocycles. The highest BCUT2D eigenvalue weighted by atomic mass is 32.2. The summed E-state index contributed by atoms with van der Waals surface area (Å²) in [6.45, 7) is 8.63. The third-order valence-electron chi connectivity index (χ3n) is 7.74. The highest BCUT2D eigenvalue weighted by Crippen LogP contribution is 2.30. The zero-order valence-electron chi connectivity index (χ0n) is 27.0. The van der Waals surface area contributed by atoms with Gasteiger partial charge >= 0.3 is 18.6 Å². The lowest BCUT2D eigenvalue weighted by molar-refractivity contribution is -0.253. The largest absolute Gasteiger partial charge is 0.461 e. The van der Waals surface area contributed by atoms with Crippen LogP contribution in [-0.4, -0.2) is 80.2 Å². The molecule has 2 aromatic carbocycles. The fraction of sp³-hybridized carbons (Fsp3) is 0.516. The van der Waals surface area contributed by atoms with Gasteiger partial charge in [-0.2, -0.15) is 17.6 Å². The molecule has 3 N–H and O–H groups in total. The fourth-order valence-electron chi connectivity index (χ4n) is 5.13. The molecule has 0 atom stereocenters. The maximum Gasteiger partial charge on any atom is 0.461 e. The number of benzene rings is 2. The number of nitrogens with two attached hydrogens (primary N) is 1. The summed E-state index contributed by atoms with van der Waals surface area (Å²) >= 11 is 0. The predicted molar refractivity (Wildman–Crippen MR) is 166 cm³/mol. The van der Waals surface area contributed by atoms with Gasteiger partial charge in [0, 0.05) is 31.4 Å². The Bertz CT molecular complexity index is 1580. The molecule has 1 aliphatic rings. The number of sulfonamides is 1. The van der Waals surface area contributed by atoms with E-state index in [9.17, 15) is 40.4 Å². The van der Waals surface area contributed by atoms with Gasteiger partial charge in [0.15, 0.2) is 0 Å². The van der Waals surface area contributed by atoms with Crippen LogP contribution < -0.4 is 20.7 Å². The number of anilines is 1. The van der Waals surface area contributed by atoms with E-state index < -0.39 is 57.4 Å². The van der Waals surface area contributed by atoms with Crippen molar-refractivity contribution in [3.05, 3.63) is 58.7 Å². The highest BCUT2D eigenvalue weighted by molar-refractivity contribution is 7.89. The van der Waals surface area contributed by atoms with E-state index in [1.807, 2.05) is 13.8 Å². The molecule has 0 aliphatic carbocycles. The number of primary amides is 1. The number of nitrogens with one attached hydrogen (secondary N) is 1. The first-order valence-electron chi connectivity index (χ1n) is 14.7. The summed E-state index contributed by atoms with van der Waals surface area (Å²) in [7, 11) is -2.24. The number of halogens is 4. The van der Waals surface area contributed by atoms with E-state index >= 15 is 0 Å². The molecular weight excluding hydrogens is 648 g/mol. The predicted octanol–water partition coefficient (Wildman–Crippen LogP) is 4.53. The van der Waals surface area contributed by atoms with Gasteiger partial charge in [-0.05, 0) is 101 Å². The fourth-order valence-corrected chi connectivity index (χ4v) is 6.58. The van der Waals surface area contributed by atoms with E-state index in [0.717, 1.165) is 34.9 Å². The second-order valence-corrected chi connectivity index (χ2v) is 14.5. The van der Waals surface area contributed by atoms with Crippen molar-refractivity contribution in [3.8, 4) is 5.75 Å². The van der Waals surface area contributed by atoms with Crippen LogP contribution in [-0.2, 0) is 26.0 Å². The van der Waals surface area contributed by atoms with Gasteiger partial charge in [-0.3, -0.25) is 14.5 Å². The van der Waals surface area contributed by atoms with Gasteiger partial charge in [-0.25, -0.2) is 17.5 Å². The van der Waals surface area contributed by atoms with Crippen molar-refractivity contribution in [1.29, 1.82) is 0 Å². The molecule has 260 valence electrons. The van der Waals surface area contributed by atoms with Gasteiger partial charge in [-0.1, -0.05) is 6.07 Å². The molecule has 3 rings (SSSR count). The van der Waals surface area contributed by atoms with Crippen molar-refractivity contribution in [2.75, 3.05) is 30.8 Å². The number of alkyl halides is 4. The van der Waals surface area contributed by atoms with Crippen molar-refractivity contribution in [2.24, 2.45) is 5.73 Å². The molecule has 0 saturated carbocycles. The van der Waals surface area contributed by atoms with Crippen LogP contribution >= 0.6 is 0 Å². The van der Waals surface area contributed by atoms with E-state index in [4.69, 9.17) is 10.5 Å². The summed E-state index contributed by atoms with van der Waals surface area (Å²) in [5, 5.41) is 2.48. The number of aryl methyl sites for hydroxylation is 2. The SMILES string of the molecule is Cc1cc(N(C)C(=O)OC(C)(C)C)cc(C)c1CCS(=O)(=O)N1CCC(NC(=O)c2cccc(OC(F)(F)C(F)F)c2)(C(N)=O)CC1. The van der Waals surface area contributed by atoms with Gasteiger partial charge in [-0.15, -0.1) is 0 Å². The summed E-state index contributed by atoms with van der Waals surface area (Å²) in [6, 6.07) is 7.65. The van der Waals surface area contributed by atoms with Gasteiger partial charge in [0.1, 0.15) is 16.9 Å². The van der Waals surface area contributed by atoms with Gasteiger partial charge in [0.05, 0.1) is 5.75 Å². The molecule has 0 spiro atoms. The molecule has 1 fully saturated rings. The van der Waals surface area contributed by atoms with Crippen molar-refractivity contribution >= 4 is 33.6 Å². The number of hydrogen-bond donors (Lipinski definition) is 2. The molecule has 0 radical (unpaired) electrons. The average Bonchev–Trinajstić information content (AvgIpc) is 2.95. The molecule has 1 aliphatic heterocycles. The molecule has 11 nitrogen and oxygen atoms in total. The summed E-state index contributed by atoms with van der Waals surface area (Å²) < 4.78 is 89.0. The topological polar surface area (TPSA) is 148 Å². The average molecular weight is 689 g/mol. The maximum atomic E-state index is 13.3. The smallest absolute Gasteiger partial charge is 0.443 e. The third-order valence-corrected chi connectivity index (χ3v) is 9.62. The Morgan fingerprint density at radius 3 is 2.15 bits per heavy atom. The number of rotatable bonds is 11. The van der Waals surface area contributed by atoms with Crippen LogP contribution in [0.15, 0.2) is 36.4 Å². The second kappa shape index (κ2) is 14.1. The van der Waals surface area contributed by atoms with E-state index in [1.165, 1.54) is 15.3 Å². The number of carbonyl (C=O) groups excluding carboxylic acids is 3. The van der Waals surface area contributed by atoms with E-state index in [2.05, 4.69) is 10.1 Å². The Labute approximate surface area is 271 Å². The normalized spacial score (nSPS) is 15.6. The van der Waals surface area contributed by atoms with E-state index in [1.54, 1.807) is 40.0 Å². The van der Waals surface area contributed by atoms with Crippen LogP contribution in [0, 0.1) is 13.8 Å². The minimum Gasteiger partial charge on any atom is -0.443 e. The molecule has 2 aromatic rings. The molecule has 0 bridgehead atoms. The maximum absolute atomic E-state index is 13.3. The molecule has 0 unspecified atom stereocenters. The van der Waals surface area contributed by atoms with Crippen molar-refractivity contribution in [2.45, 2.75) is 77.6 Å². The third kappa shape index (κ3) is 9.34. The Morgan fingerprint density at radius 2 is 1.64 bits per heavy atom. The zero-order valence-corrected chi connectivity index (χ0v) is 27.9. The van der Waals surface area contributed by atoms with Crippen LogP contribution in [0.3, 0.4) is 0 Å². The van der Waals surface area contributed by atoms with Gasteiger partial charge < -0.3 is 20.5 Å². The van der Waals surface area contributed by atoms with E-state index in [0.29, 0.717) is 5.69 Å². The number of piperidine rings is 1. The molecule has 3 amide bonds. The standard InChI is InChI=1S/C31H40F4N4O7S/c1-19-16-22(38(6)28(42)46-29(3,4)5)17-20(2)24(19)10-15-47(43,44)39-13-11-30(12-14-39,27(36)41)37-25(40)21-8-7-9-23(18-21)45-31(34,35)26(32)33/h7-9,16-18,26H,10-15H2,1-6H3,(H2,36,41)(H,37,40). The van der Waals surface area contributed by atoms with Crippen LogP contribution in [0.4, 0.5) is 28.0 Å². The highest BCUT2D eigenvalue weighted by Gasteiger charge is 2.45. The number of ether oxygens (including phenoxy) is 2. The molecule has 1 saturated heterocycles. The first-order valence-corrected chi connectivity index (χ1v) is 16.3. The molecule has 16 heteroatoms. The molecular formula is C31H40F4N4O7S. The summed E-state index contributed by atoms with van der Waals surface area (Å²) in [5.74, 6) is -2.80. The molecule has 47 heavy (non-hydrogen) atoms. The van der Waals surface area contributed by atoms with Crippen LogP contribution in [0.25, 0.3) is 0 Å². The lowest BCUT2D eigenvalue weighted by Crippen LogP contribution is -2.62. The second-order valence-electron chi connectivity index (χ2n) is 12.5. The van der Waals surface area contributed by atoms with Gasteiger partial charge in [0.2, 0.25) is 15.9 Å². The number of carbonyl (C=O) groups is 3. The van der Waals surface area contributed by atoms with Crippen LogP contribution in [0.2, 0.25) is 0 Å². The first-order chi connectivity index (χ1) is 21.6. The summed E-state index contributed by atoms with van der Waals surface area (Å²) in [6.07, 6.45) is -9.59.